The van der Waals surface area contributed by atoms with Gasteiger partial charge in [-0.1, -0.05) is 37.0 Å². The lowest BCUT2D eigenvalue weighted by Crippen LogP contribution is -2.17. The number of carboxylic acid groups (broad SMARTS) is 1. The molecule has 0 heterocycles. The van der Waals surface area contributed by atoms with Gasteiger partial charge in [0.15, 0.2) is 0 Å². The van der Waals surface area contributed by atoms with Crippen LogP contribution in [-0.4, -0.2) is 11.1 Å². The second-order valence-corrected chi connectivity index (χ2v) is 3.57. The van der Waals surface area contributed by atoms with Gasteiger partial charge in [-0.05, 0) is 12.0 Å². The van der Waals surface area contributed by atoms with Crippen molar-refractivity contribution in [3.63, 3.8) is 0 Å². The van der Waals surface area contributed by atoms with E-state index in [0.29, 0.717) is 0 Å². The molecule has 0 aliphatic heterocycles. The number of carboxylic acids is 1. The van der Waals surface area contributed by atoms with Crippen molar-refractivity contribution in [3.8, 4) is 0 Å². The average molecular weight is 197 g/mol. The SMILES string of the molecule is CC(C)C(C=C(Cl)Cl)C(=O)O. The molecule has 64 valence electrons. The first-order valence-corrected chi connectivity index (χ1v) is 3.96. The van der Waals surface area contributed by atoms with Gasteiger partial charge >= 0.3 is 5.97 Å². The van der Waals surface area contributed by atoms with E-state index in [0.717, 1.165) is 0 Å². The van der Waals surface area contributed by atoms with E-state index in [1.54, 1.807) is 13.8 Å². The van der Waals surface area contributed by atoms with Gasteiger partial charge in [-0.2, -0.15) is 0 Å². The number of hydrogen-bond acceptors (Lipinski definition) is 1. The molecular weight excluding hydrogens is 187 g/mol. The Morgan fingerprint density at radius 3 is 2.00 bits per heavy atom. The van der Waals surface area contributed by atoms with Crippen LogP contribution in [0, 0.1) is 11.8 Å². The number of halogens is 2. The molecule has 4 heteroatoms. The van der Waals surface area contributed by atoms with E-state index in [1.807, 2.05) is 0 Å². The lowest BCUT2D eigenvalue weighted by atomic mass is 9.96. The highest BCUT2D eigenvalue weighted by molar-refractivity contribution is 6.55. The smallest absolute Gasteiger partial charge is 0.310 e. The predicted molar refractivity (Wildman–Crippen MR) is 45.8 cm³/mol. The Hall–Kier alpha value is -0.210. The van der Waals surface area contributed by atoms with Gasteiger partial charge in [-0.15, -0.1) is 0 Å². The van der Waals surface area contributed by atoms with Crippen LogP contribution in [0.15, 0.2) is 10.6 Å². The average Bonchev–Trinajstić information content (AvgIpc) is 1.81. The van der Waals surface area contributed by atoms with E-state index in [1.165, 1.54) is 6.08 Å². The van der Waals surface area contributed by atoms with Crippen molar-refractivity contribution in [2.75, 3.05) is 0 Å². The molecule has 0 amide bonds. The Bertz CT molecular complexity index is 171. The van der Waals surface area contributed by atoms with E-state index in [9.17, 15) is 4.79 Å². The van der Waals surface area contributed by atoms with Gasteiger partial charge in [0.1, 0.15) is 4.49 Å². The molecule has 1 atom stereocenters. The maximum Gasteiger partial charge on any atom is 0.310 e. The Morgan fingerprint density at radius 2 is 1.91 bits per heavy atom. The predicted octanol–water partition coefficient (Wildman–Crippen LogP) is 2.66. The maximum atomic E-state index is 10.5. The highest BCUT2D eigenvalue weighted by atomic mass is 35.5. The summed E-state index contributed by atoms with van der Waals surface area (Å²) in [5.41, 5.74) is 0. The lowest BCUT2D eigenvalue weighted by Gasteiger charge is -2.10. The largest absolute Gasteiger partial charge is 0.481 e. The Balaban J connectivity index is 4.36. The summed E-state index contributed by atoms with van der Waals surface area (Å²) in [6.07, 6.45) is 1.33. The third-order valence-corrected chi connectivity index (χ3v) is 1.56. The van der Waals surface area contributed by atoms with Crippen molar-refractivity contribution in [1.29, 1.82) is 0 Å². The minimum absolute atomic E-state index is 0.000000000000000222. The molecule has 0 bridgehead atoms. The van der Waals surface area contributed by atoms with Gasteiger partial charge in [0.05, 0.1) is 5.92 Å². The Kier molecular flexibility index (Phi) is 4.54. The summed E-state index contributed by atoms with van der Waals surface area (Å²) in [4.78, 5) is 10.5. The first kappa shape index (κ1) is 10.8. The third kappa shape index (κ3) is 4.27. The summed E-state index contributed by atoms with van der Waals surface area (Å²) in [6.45, 7) is 3.60. The van der Waals surface area contributed by atoms with Crippen LogP contribution in [0.1, 0.15) is 13.8 Å². The molecule has 0 saturated carbocycles. The molecule has 0 aromatic rings. The molecule has 0 aliphatic rings. The van der Waals surface area contributed by atoms with Gasteiger partial charge in [0, 0.05) is 0 Å². The van der Waals surface area contributed by atoms with E-state index in [4.69, 9.17) is 28.3 Å². The highest BCUT2D eigenvalue weighted by Crippen LogP contribution is 2.18. The van der Waals surface area contributed by atoms with Crippen LogP contribution in [0.3, 0.4) is 0 Å². The summed E-state index contributed by atoms with van der Waals surface area (Å²) in [6, 6.07) is 0. The standard InChI is InChI=1S/C7H10Cl2O2/c1-4(2)5(7(10)11)3-6(8)9/h3-5H,1-2H3,(H,10,11). The van der Waals surface area contributed by atoms with Crippen molar-refractivity contribution in [2.45, 2.75) is 13.8 Å². The summed E-state index contributed by atoms with van der Waals surface area (Å²) in [7, 11) is 0. The molecule has 0 aromatic carbocycles. The van der Waals surface area contributed by atoms with Crippen LogP contribution < -0.4 is 0 Å². The van der Waals surface area contributed by atoms with Crippen molar-refractivity contribution < 1.29 is 9.90 Å². The van der Waals surface area contributed by atoms with Crippen LogP contribution in [0.5, 0.6) is 0 Å². The van der Waals surface area contributed by atoms with Gasteiger partial charge in [0.2, 0.25) is 0 Å². The number of carbonyl (C=O) groups is 1. The van der Waals surface area contributed by atoms with Crippen LogP contribution in [0.2, 0.25) is 0 Å². The summed E-state index contributed by atoms with van der Waals surface area (Å²) in [5, 5.41) is 8.63. The zero-order valence-corrected chi connectivity index (χ0v) is 7.86. The van der Waals surface area contributed by atoms with Crippen molar-refractivity contribution in [3.05, 3.63) is 10.6 Å². The second-order valence-electron chi connectivity index (χ2n) is 2.56. The Morgan fingerprint density at radius 1 is 1.45 bits per heavy atom. The summed E-state index contributed by atoms with van der Waals surface area (Å²) in [5.74, 6) is -1.50. The fourth-order valence-corrected chi connectivity index (χ4v) is 0.956. The highest BCUT2D eigenvalue weighted by Gasteiger charge is 2.18. The molecular formula is C7H10Cl2O2. The van der Waals surface area contributed by atoms with Crippen LogP contribution in [-0.2, 0) is 4.79 Å². The minimum atomic E-state index is -0.904. The fraction of sp³-hybridized carbons (Fsp3) is 0.571. The second kappa shape index (κ2) is 4.62. The quantitative estimate of drug-likeness (QED) is 0.754. The lowest BCUT2D eigenvalue weighted by molar-refractivity contribution is -0.141. The number of aliphatic carboxylic acids is 1. The van der Waals surface area contributed by atoms with Crippen molar-refractivity contribution in [1.82, 2.24) is 0 Å². The molecule has 1 unspecified atom stereocenters. The first-order chi connectivity index (χ1) is 4.95. The first-order valence-electron chi connectivity index (χ1n) is 3.20. The Labute approximate surface area is 75.8 Å². The van der Waals surface area contributed by atoms with E-state index < -0.39 is 11.9 Å². The van der Waals surface area contributed by atoms with Crippen LogP contribution >= 0.6 is 23.2 Å². The molecule has 0 aromatic heterocycles. The topological polar surface area (TPSA) is 37.3 Å². The van der Waals surface area contributed by atoms with E-state index >= 15 is 0 Å². The number of rotatable bonds is 3. The zero-order valence-electron chi connectivity index (χ0n) is 6.34. The molecule has 0 aliphatic carbocycles. The monoisotopic (exact) mass is 196 g/mol. The van der Waals surface area contributed by atoms with Crippen LogP contribution in [0.4, 0.5) is 0 Å². The molecule has 2 nitrogen and oxygen atoms in total. The van der Waals surface area contributed by atoms with E-state index in [-0.39, 0.29) is 10.4 Å². The van der Waals surface area contributed by atoms with Gasteiger partial charge in [0.25, 0.3) is 0 Å². The van der Waals surface area contributed by atoms with Gasteiger partial charge < -0.3 is 5.11 Å². The molecule has 0 fully saturated rings. The van der Waals surface area contributed by atoms with E-state index in [2.05, 4.69) is 0 Å². The van der Waals surface area contributed by atoms with Crippen molar-refractivity contribution >= 4 is 29.2 Å². The molecule has 0 rings (SSSR count). The van der Waals surface area contributed by atoms with Crippen LogP contribution in [0.25, 0.3) is 0 Å². The molecule has 0 radical (unpaired) electrons. The zero-order chi connectivity index (χ0) is 9.02. The maximum absolute atomic E-state index is 10.5. The third-order valence-electron chi connectivity index (χ3n) is 1.31. The van der Waals surface area contributed by atoms with Gasteiger partial charge in [-0.25, -0.2) is 0 Å². The van der Waals surface area contributed by atoms with Crippen molar-refractivity contribution in [2.24, 2.45) is 11.8 Å². The summed E-state index contributed by atoms with van der Waals surface area (Å²) >= 11 is 10.6. The molecule has 11 heavy (non-hydrogen) atoms. The molecule has 0 saturated heterocycles. The minimum Gasteiger partial charge on any atom is -0.481 e. The fourth-order valence-electron chi connectivity index (χ4n) is 0.685. The molecule has 1 N–H and O–H groups in total. The summed E-state index contributed by atoms with van der Waals surface area (Å²) < 4.78 is 0.00565. The van der Waals surface area contributed by atoms with Gasteiger partial charge in [-0.3, -0.25) is 4.79 Å². The normalized spacial score (nSPS) is 12.8. The molecule has 0 spiro atoms. The number of hydrogen-bond donors (Lipinski definition) is 1.